The van der Waals surface area contributed by atoms with Gasteiger partial charge in [-0.3, -0.25) is 9.59 Å². The molecule has 0 unspecified atom stereocenters. The van der Waals surface area contributed by atoms with Crippen molar-refractivity contribution in [1.29, 1.82) is 0 Å². The van der Waals surface area contributed by atoms with E-state index >= 15 is 0 Å². The van der Waals surface area contributed by atoms with Crippen LogP contribution < -0.4 is 15.6 Å². The summed E-state index contributed by atoms with van der Waals surface area (Å²) in [6.45, 7) is 0.249. The highest BCUT2D eigenvalue weighted by molar-refractivity contribution is 6.13. The maximum atomic E-state index is 13.5. The van der Waals surface area contributed by atoms with E-state index in [4.69, 9.17) is 9.15 Å². The maximum absolute atomic E-state index is 13.5. The predicted octanol–water partition coefficient (Wildman–Crippen LogP) is 5.61. The molecule has 2 heterocycles. The minimum atomic E-state index is -0.457. The van der Waals surface area contributed by atoms with E-state index in [2.05, 4.69) is 10.4 Å². The van der Waals surface area contributed by atoms with Crippen LogP contribution in [0.3, 0.4) is 0 Å². The molecule has 1 N–H and O–H groups in total. The molecule has 4 aromatic carbocycles. The topological polar surface area (TPSA) is 86.4 Å². The summed E-state index contributed by atoms with van der Waals surface area (Å²) in [6, 6.07) is 27.8. The highest BCUT2D eigenvalue weighted by atomic mass is 16.5. The number of carbonyl (C=O) groups is 1. The second kappa shape index (κ2) is 8.70. The van der Waals surface area contributed by atoms with Gasteiger partial charge >= 0.3 is 0 Å². The van der Waals surface area contributed by atoms with Crippen LogP contribution in [0.15, 0.2) is 100 Å². The largest absolute Gasteiger partial charge is 0.495 e. The molecular weight excluding hydrogens is 454 g/mol. The van der Waals surface area contributed by atoms with Crippen molar-refractivity contribution in [2.24, 2.45) is 0 Å². The van der Waals surface area contributed by atoms with Gasteiger partial charge in [-0.2, -0.15) is 5.10 Å². The lowest BCUT2D eigenvalue weighted by Crippen LogP contribution is -2.28. The zero-order valence-electron chi connectivity index (χ0n) is 19.4. The van der Waals surface area contributed by atoms with Crippen LogP contribution in [-0.4, -0.2) is 22.8 Å². The summed E-state index contributed by atoms with van der Waals surface area (Å²) >= 11 is 0. The molecule has 6 rings (SSSR count). The lowest BCUT2D eigenvalue weighted by Gasteiger charge is -2.13. The molecule has 0 aliphatic carbocycles. The van der Waals surface area contributed by atoms with Crippen molar-refractivity contribution in [2.75, 3.05) is 12.4 Å². The monoisotopic (exact) mass is 475 g/mol. The molecule has 1 amide bonds. The van der Waals surface area contributed by atoms with E-state index in [1.54, 1.807) is 37.4 Å². The second-order valence-corrected chi connectivity index (χ2v) is 8.44. The average molecular weight is 476 g/mol. The first-order valence-corrected chi connectivity index (χ1v) is 11.5. The standard InChI is InChI=1S/C29H21N3O4/c1-35-26-15-22-19-11-7-8-14-24(19)36-25(22)16-23(26)30-28(33)27-20-12-5-6-13-21(20)29(34)32(31-27)17-18-9-3-2-4-10-18/h2-16H,17H2,1H3,(H,30,33). The van der Waals surface area contributed by atoms with Gasteiger partial charge in [0.05, 0.1) is 24.7 Å². The van der Waals surface area contributed by atoms with Gasteiger partial charge < -0.3 is 14.5 Å². The summed E-state index contributed by atoms with van der Waals surface area (Å²) in [6.07, 6.45) is 0. The quantitative estimate of drug-likeness (QED) is 0.351. The van der Waals surface area contributed by atoms with Gasteiger partial charge in [0.2, 0.25) is 0 Å². The van der Waals surface area contributed by atoms with Crippen LogP contribution in [0.1, 0.15) is 16.1 Å². The molecule has 7 heteroatoms. The number of ether oxygens (including phenoxy) is 1. The molecule has 0 saturated carbocycles. The van der Waals surface area contributed by atoms with E-state index in [-0.39, 0.29) is 17.8 Å². The van der Waals surface area contributed by atoms with Crippen molar-refractivity contribution in [1.82, 2.24) is 9.78 Å². The molecule has 0 aliphatic rings. The summed E-state index contributed by atoms with van der Waals surface area (Å²) in [5.41, 5.74) is 2.62. The Balaban J connectivity index is 1.44. The Morgan fingerprint density at radius 2 is 1.56 bits per heavy atom. The van der Waals surface area contributed by atoms with E-state index in [0.717, 1.165) is 21.9 Å². The summed E-state index contributed by atoms with van der Waals surface area (Å²) in [4.78, 5) is 26.7. The molecule has 6 aromatic rings. The SMILES string of the molecule is COc1cc2c(cc1NC(=O)c1nn(Cc3ccccc3)c(=O)c3ccccc13)oc1ccccc12. The Morgan fingerprint density at radius 3 is 2.33 bits per heavy atom. The van der Waals surface area contributed by atoms with Gasteiger partial charge in [0.25, 0.3) is 11.5 Å². The Labute approximate surface area is 205 Å². The van der Waals surface area contributed by atoms with Crippen molar-refractivity contribution in [3.63, 3.8) is 0 Å². The molecule has 0 bridgehead atoms. The zero-order valence-corrected chi connectivity index (χ0v) is 19.4. The number of anilines is 1. The van der Waals surface area contributed by atoms with Gasteiger partial charge in [-0.05, 0) is 23.8 Å². The number of carbonyl (C=O) groups excluding carboxylic acids is 1. The third kappa shape index (κ3) is 3.67. The second-order valence-electron chi connectivity index (χ2n) is 8.44. The Bertz CT molecular complexity index is 1820. The fourth-order valence-electron chi connectivity index (χ4n) is 4.47. The van der Waals surface area contributed by atoms with Gasteiger partial charge in [0.1, 0.15) is 16.9 Å². The molecular formula is C29H21N3O4. The third-order valence-electron chi connectivity index (χ3n) is 6.21. The number of fused-ring (bicyclic) bond motifs is 4. The number of furan rings is 1. The van der Waals surface area contributed by atoms with Gasteiger partial charge in [-0.15, -0.1) is 0 Å². The first-order chi connectivity index (χ1) is 17.6. The first-order valence-electron chi connectivity index (χ1n) is 11.5. The van der Waals surface area contributed by atoms with Crippen LogP contribution in [0.4, 0.5) is 5.69 Å². The fourth-order valence-corrected chi connectivity index (χ4v) is 4.47. The van der Waals surface area contributed by atoms with Crippen LogP contribution >= 0.6 is 0 Å². The molecule has 0 fully saturated rings. The lowest BCUT2D eigenvalue weighted by atomic mass is 10.1. The summed E-state index contributed by atoms with van der Waals surface area (Å²) in [5.74, 6) is 0.0334. The first kappa shape index (κ1) is 21.6. The predicted molar refractivity (Wildman–Crippen MR) is 140 cm³/mol. The molecule has 7 nitrogen and oxygen atoms in total. The number of hydrogen-bond acceptors (Lipinski definition) is 5. The van der Waals surface area contributed by atoms with Crippen LogP contribution in [0.2, 0.25) is 0 Å². The Kier molecular flexibility index (Phi) is 5.22. The highest BCUT2D eigenvalue weighted by Crippen LogP contribution is 2.36. The van der Waals surface area contributed by atoms with E-state index in [9.17, 15) is 9.59 Å². The number of methoxy groups -OCH3 is 1. The Morgan fingerprint density at radius 1 is 0.861 bits per heavy atom. The molecule has 0 spiro atoms. The molecule has 0 atom stereocenters. The molecule has 176 valence electrons. The minimum Gasteiger partial charge on any atom is -0.495 e. The molecule has 36 heavy (non-hydrogen) atoms. The van der Waals surface area contributed by atoms with Gasteiger partial charge in [0, 0.05) is 22.2 Å². The van der Waals surface area contributed by atoms with E-state index in [0.29, 0.717) is 27.8 Å². The van der Waals surface area contributed by atoms with Crippen molar-refractivity contribution >= 4 is 44.3 Å². The van der Waals surface area contributed by atoms with Crippen molar-refractivity contribution < 1.29 is 13.9 Å². The van der Waals surface area contributed by atoms with Crippen molar-refractivity contribution in [2.45, 2.75) is 6.54 Å². The number of benzene rings is 4. The number of nitrogens with zero attached hydrogens (tertiary/aromatic N) is 2. The highest BCUT2D eigenvalue weighted by Gasteiger charge is 2.20. The number of amides is 1. The van der Waals surface area contributed by atoms with Gasteiger partial charge in [-0.1, -0.05) is 66.7 Å². The van der Waals surface area contributed by atoms with E-state index < -0.39 is 5.91 Å². The summed E-state index contributed by atoms with van der Waals surface area (Å²) < 4.78 is 12.9. The van der Waals surface area contributed by atoms with Crippen LogP contribution in [-0.2, 0) is 6.54 Å². The van der Waals surface area contributed by atoms with E-state index in [1.165, 1.54) is 4.68 Å². The van der Waals surface area contributed by atoms with Crippen molar-refractivity contribution in [3.8, 4) is 5.75 Å². The number of para-hydroxylation sites is 1. The van der Waals surface area contributed by atoms with Gasteiger partial charge in [-0.25, -0.2) is 4.68 Å². The van der Waals surface area contributed by atoms with Crippen molar-refractivity contribution in [3.05, 3.63) is 113 Å². The van der Waals surface area contributed by atoms with Crippen LogP contribution in [0.5, 0.6) is 5.75 Å². The number of rotatable bonds is 5. The van der Waals surface area contributed by atoms with Crippen LogP contribution in [0, 0.1) is 0 Å². The van der Waals surface area contributed by atoms with E-state index in [1.807, 2.05) is 60.7 Å². The third-order valence-corrected chi connectivity index (χ3v) is 6.21. The normalized spacial score (nSPS) is 11.2. The number of nitrogens with one attached hydrogen (secondary N) is 1. The molecule has 2 aromatic heterocycles. The summed E-state index contributed by atoms with van der Waals surface area (Å²) in [5, 5.41) is 10.1. The molecule has 0 radical (unpaired) electrons. The lowest BCUT2D eigenvalue weighted by molar-refractivity contribution is 0.102. The number of hydrogen-bond donors (Lipinski definition) is 1. The smallest absolute Gasteiger partial charge is 0.276 e. The Hall–Kier alpha value is -4.91. The van der Waals surface area contributed by atoms with Gasteiger partial charge in [0.15, 0.2) is 5.69 Å². The minimum absolute atomic E-state index is 0.146. The maximum Gasteiger partial charge on any atom is 0.276 e. The number of aromatic nitrogens is 2. The molecule has 0 aliphatic heterocycles. The zero-order chi connectivity index (χ0) is 24.6. The average Bonchev–Trinajstić information content (AvgIpc) is 3.27. The van der Waals surface area contributed by atoms with Crippen LogP contribution in [0.25, 0.3) is 32.7 Å². The molecule has 0 saturated heterocycles. The summed E-state index contributed by atoms with van der Waals surface area (Å²) in [7, 11) is 1.55. The fraction of sp³-hybridized carbons (Fsp3) is 0.0690.